The highest BCUT2D eigenvalue weighted by molar-refractivity contribution is 6.04. The van der Waals surface area contributed by atoms with Crippen molar-refractivity contribution in [1.82, 2.24) is 5.16 Å². The van der Waals surface area contributed by atoms with Crippen molar-refractivity contribution in [2.45, 2.75) is 13.8 Å². The molecule has 1 aromatic carbocycles. The molecule has 0 unspecified atom stereocenters. The van der Waals surface area contributed by atoms with E-state index in [4.69, 9.17) is 4.52 Å². The number of amides is 1. The van der Waals surface area contributed by atoms with E-state index in [2.05, 4.69) is 5.16 Å². The molecule has 1 amide bonds. The summed E-state index contributed by atoms with van der Waals surface area (Å²) in [6.45, 7) is 3.83. The van der Waals surface area contributed by atoms with Gasteiger partial charge in [-0.3, -0.25) is 4.79 Å². The summed E-state index contributed by atoms with van der Waals surface area (Å²) >= 11 is 0. The molecule has 0 saturated heterocycles. The van der Waals surface area contributed by atoms with Crippen LogP contribution in [0.2, 0.25) is 0 Å². The van der Waals surface area contributed by atoms with Gasteiger partial charge in [0.25, 0.3) is 5.91 Å². The van der Waals surface area contributed by atoms with E-state index in [1.54, 1.807) is 32.0 Å². The first-order chi connectivity index (χ1) is 8.63. The van der Waals surface area contributed by atoms with E-state index in [9.17, 15) is 9.18 Å². The minimum absolute atomic E-state index is 0.178. The van der Waals surface area contributed by atoms with Crippen LogP contribution in [0.5, 0.6) is 0 Å². The molecule has 18 heavy (non-hydrogen) atoms. The van der Waals surface area contributed by atoms with Crippen molar-refractivity contribution >= 4 is 11.6 Å². The van der Waals surface area contributed by atoms with Crippen LogP contribution in [-0.2, 0) is 0 Å². The monoisotopic (exact) mass is 248 g/mol. The van der Waals surface area contributed by atoms with Gasteiger partial charge in [-0.1, -0.05) is 17.3 Å². The van der Waals surface area contributed by atoms with Crippen molar-refractivity contribution in [3.05, 3.63) is 47.6 Å². The molecule has 0 atom stereocenters. The van der Waals surface area contributed by atoms with Crippen molar-refractivity contribution in [2.24, 2.45) is 0 Å². The van der Waals surface area contributed by atoms with E-state index in [0.29, 0.717) is 12.3 Å². The second-order valence-corrected chi connectivity index (χ2v) is 3.82. The maximum atomic E-state index is 13.7. The van der Waals surface area contributed by atoms with Crippen LogP contribution in [0.25, 0.3) is 0 Å². The number of carbonyl (C=O) groups is 1. The highest BCUT2D eigenvalue weighted by Crippen LogP contribution is 2.20. The molecule has 94 valence electrons. The molecule has 0 aliphatic carbocycles. The van der Waals surface area contributed by atoms with Gasteiger partial charge in [0.1, 0.15) is 11.6 Å². The molecule has 0 aliphatic rings. The van der Waals surface area contributed by atoms with E-state index in [1.807, 2.05) is 0 Å². The van der Waals surface area contributed by atoms with Crippen LogP contribution < -0.4 is 4.90 Å². The summed E-state index contributed by atoms with van der Waals surface area (Å²) < 4.78 is 18.5. The van der Waals surface area contributed by atoms with E-state index >= 15 is 0 Å². The Morgan fingerprint density at radius 2 is 2.17 bits per heavy atom. The fourth-order valence-electron chi connectivity index (χ4n) is 1.70. The second kappa shape index (κ2) is 5.00. The quantitative estimate of drug-likeness (QED) is 0.839. The Hall–Kier alpha value is -2.17. The average Bonchev–Trinajstić information content (AvgIpc) is 2.79. The fraction of sp³-hybridized carbons (Fsp3) is 0.231. The van der Waals surface area contributed by atoms with Gasteiger partial charge >= 0.3 is 0 Å². The lowest BCUT2D eigenvalue weighted by Crippen LogP contribution is -2.31. The summed E-state index contributed by atoms with van der Waals surface area (Å²) in [7, 11) is 0. The van der Waals surface area contributed by atoms with Gasteiger partial charge < -0.3 is 9.42 Å². The van der Waals surface area contributed by atoms with Gasteiger partial charge in [-0.25, -0.2) is 4.39 Å². The van der Waals surface area contributed by atoms with Crippen molar-refractivity contribution in [3.8, 4) is 0 Å². The lowest BCUT2D eigenvalue weighted by molar-refractivity contribution is 0.0978. The Morgan fingerprint density at radius 1 is 1.44 bits per heavy atom. The number of halogens is 1. The number of anilines is 1. The van der Waals surface area contributed by atoms with E-state index in [0.717, 1.165) is 0 Å². The largest absolute Gasteiger partial charge is 0.361 e. The molecule has 1 aromatic heterocycles. The number of para-hydroxylation sites is 1. The third-order valence-corrected chi connectivity index (χ3v) is 2.55. The molecule has 2 aromatic rings. The van der Waals surface area contributed by atoms with Crippen molar-refractivity contribution in [2.75, 3.05) is 11.4 Å². The molecule has 0 spiro atoms. The Labute approximate surface area is 104 Å². The summed E-state index contributed by atoms with van der Waals surface area (Å²) in [6, 6.07) is 7.68. The molecule has 0 fully saturated rings. The van der Waals surface area contributed by atoms with Crippen LogP contribution in [-0.4, -0.2) is 17.6 Å². The van der Waals surface area contributed by atoms with Gasteiger partial charge in [0, 0.05) is 12.6 Å². The minimum atomic E-state index is -0.437. The Kier molecular flexibility index (Phi) is 3.41. The molecule has 0 saturated carbocycles. The summed E-state index contributed by atoms with van der Waals surface area (Å²) in [5, 5.41) is 3.65. The van der Waals surface area contributed by atoms with Gasteiger partial charge in [-0.2, -0.15) is 0 Å². The smallest absolute Gasteiger partial charge is 0.280 e. The van der Waals surface area contributed by atoms with E-state index in [-0.39, 0.29) is 17.3 Å². The summed E-state index contributed by atoms with van der Waals surface area (Å²) in [5.74, 6) is -0.268. The lowest BCUT2D eigenvalue weighted by atomic mass is 10.2. The maximum Gasteiger partial charge on any atom is 0.280 e. The first-order valence-electron chi connectivity index (χ1n) is 5.63. The van der Waals surface area contributed by atoms with Crippen molar-refractivity contribution < 1.29 is 13.7 Å². The number of hydrogen-bond acceptors (Lipinski definition) is 3. The zero-order valence-corrected chi connectivity index (χ0v) is 10.2. The summed E-state index contributed by atoms with van der Waals surface area (Å²) in [5.41, 5.74) is 0.420. The molecule has 0 aliphatic heterocycles. The fourth-order valence-corrected chi connectivity index (χ4v) is 1.70. The third kappa shape index (κ3) is 2.25. The molecular formula is C13H13FN2O2. The number of carbonyl (C=O) groups excluding carboxylic acids is 1. The zero-order chi connectivity index (χ0) is 13.1. The first-order valence-corrected chi connectivity index (χ1v) is 5.63. The maximum absolute atomic E-state index is 13.7. The van der Waals surface area contributed by atoms with Gasteiger partial charge in [-0.05, 0) is 26.0 Å². The Morgan fingerprint density at radius 3 is 2.72 bits per heavy atom. The van der Waals surface area contributed by atoms with Crippen LogP contribution >= 0.6 is 0 Å². The SMILES string of the molecule is CCN(C(=O)c1cc(C)on1)c1ccccc1F. The third-order valence-electron chi connectivity index (χ3n) is 2.55. The molecule has 0 bridgehead atoms. The molecule has 2 rings (SSSR count). The van der Waals surface area contributed by atoms with Gasteiger partial charge in [0.15, 0.2) is 5.69 Å². The van der Waals surface area contributed by atoms with Gasteiger partial charge in [-0.15, -0.1) is 0 Å². The first kappa shape index (κ1) is 12.3. The molecule has 0 radical (unpaired) electrons. The van der Waals surface area contributed by atoms with Gasteiger partial charge in [0.05, 0.1) is 5.69 Å². The predicted molar refractivity (Wildman–Crippen MR) is 65.0 cm³/mol. The number of benzene rings is 1. The lowest BCUT2D eigenvalue weighted by Gasteiger charge is -2.20. The van der Waals surface area contributed by atoms with Crippen LogP contribution in [0.15, 0.2) is 34.9 Å². The van der Waals surface area contributed by atoms with Crippen LogP contribution in [0, 0.1) is 12.7 Å². The topological polar surface area (TPSA) is 46.3 Å². The highest BCUT2D eigenvalue weighted by Gasteiger charge is 2.21. The minimum Gasteiger partial charge on any atom is -0.361 e. The number of rotatable bonds is 3. The zero-order valence-electron chi connectivity index (χ0n) is 10.2. The number of nitrogens with zero attached hydrogens (tertiary/aromatic N) is 2. The molecular weight excluding hydrogens is 235 g/mol. The van der Waals surface area contributed by atoms with E-state index < -0.39 is 5.82 Å². The normalized spacial score (nSPS) is 10.4. The highest BCUT2D eigenvalue weighted by atomic mass is 19.1. The van der Waals surface area contributed by atoms with Crippen LogP contribution in [0.3, 0.4) is 0 Å². The van der Waals surface area contributed by atoms with Crippen molar-refractivity contribution in [1.29, 1.82) is 0 Å². The standard InChI is InChI=1S/C13H13FN2O2/c1-3-16(12-7-5-4-6-10(12)14)13(17)11-8-9(2)18-15-11/h4-8H,3H2,1-2H3. The molecule has 5 heteroatoms. The Bertz CT molecular complexity index is 566. The second-order valence-electron chi connectivity index (χ2n) is 3.82. The van der Waals surface area contributed by atoms with Crippen molar-refractivity contribution in [3.63, 3.8) is 0 Å². The summed E-state index contributed by atoms with van der Waals surface area (Å²) in [6.07, 6.45) is 0. The number of hydrogen-bond donors (Lipinski definition) is 0. The van der Waals surface area contributed by atoms with Crippen LogP contribution in [0.4, 0.5) is 10.1 Å². The predicted octanol–water partition coefficient (Wildman–Crippen LogP) is 2.79. The molecule has 0 N–H and O–H groups in total. The van der Waals surface area contributed by atoms with Gasteiger partial charge in [0.2, 0.25) is 0 Å². The summed E-state index contributed by atoms with van der Waals surface area (Å²) in [4.78, 5) is 13.5. The van der Waals surface area contributed by atoms with Crippen LogP contribution in [0.1, 0.15) is 23.2 Å². The molecule has 1 heterocycles. The molecule has 4 nitrogen and oxygen atoms in total. The number of aromatic nitrogens is 1. The Balaban J connectivity index is 2.35. The number of aryl methyl sites for hydroxylation is 1. The average molecular weight is 248 g/mol. The van der Waals surface area contributed by atoms with E-state index in [1.165, 1.54) is 17.0 Å².